The van der Waals surface area contributed by atoms with Crippen LogP contribution in [0.4, 0.5) is 8.78 Å². The van der Waals surface area contributed by atoms with E-state index in [1.165, 1.54) is 6.07 Å². The van der Waals surface area contributed by atoms with E-state index < -0.39 is 11.6 Å². The van der Waals surface area contributed by atoms with Gasteiger partial charge >= 0.3 is 0 Å². The van der Waals surface area contributed by atoms with Crippen molar-refractivity contribution < 1.29 is 13.5 Å². The second kappa shape index (κ2) is 4.80. The summed E-state index contributed by atoms with van der Waals surface area (Å²) >= 11 is 3.53. The van der Waals surface area contributed by atoms with E-state index in [9.17, 15) is 8.78 Å². The van der Waals surface area contributed by atoms with Crippen LogP contribution in [0.3, 0.4) is 0 Å². The first-order valence-corrected chi connectivity index (χ1v) is 6.20. The molecule has 0 radical (unpaired) electrons. The predicted octanol–water partition coefficient (Wildman–Crippen LogP) is 3.83. The van der Waals surface area contributed by atoms with Crippen LogP contribution in [0.1, 0.15) is 23.7 Å². The van der Waals surface area contributed by atoms with Crippen molar-refractivity contribution >= 4 is 15.9 Å². The van der Waals surface area contributed by atoms with Crippen molar-refractivity contribution in [1.82, 2.24) is 0 Å². The maximum absolute atomic E-state index is 13.1. The summed E-state index contributed by atoms with van der Waals surface area (Å²) in [5.41, 5.74) is 0.765. The van der Waals surface area contributed by atoms with Gasteiger partial charge in [-0.2, -0.15) is 0 Å². The maximum atomic E-state index is 13.1. The van der Waals surface area contributed by atoms with Crippen LogP contribution in [0.15, 0.2) is 18.2 Å². The lowest BCUT2D eigenvalue weighted by Crippen LogP contribution is -2.08. The molecule has 1 heterocycles. The van der Waals surface area contributed by atoms with Crippen molar-refractivity contribution in [1.29, 1.82) is 0 Å². The zero-order valence-electron chi connectivity index (χ0n) is 8.92. The second-order valence-electron chi connectivity index (χ2n) is 4.22. The van der Waals surface area contributed by atoms with Crippen LogP contribution in [0.25, 0.3) is 0 Å². The highest BCUT2D eigenvalue weighted by atomic mass is 79.9. The minimum absolute atomic E-state index is 0.0209. The minimum Gasteiger partial charge on any atom is -0.378 e. The van der Waals surface area contributed by atoms with Crippen LogP contribution in [0, 0.1) is 17.6 Å². The lowest BCUT2D eigenvalue weighted by atomic mass is 9.97. The van der Waals surface area contributed by atoms with Gasteiger partial charge in [0.25, 0.3) is 0 Å². The molecular formula is C12H13BrF2O. The Labute approximate surface area is 102 Å². The molecule has 88 valence electrons. The van der Waals surface area contributed by atoms with Gasteiger partial charge in [0.1, 0.15) is 0 Å². The Hall–Kier alpha value is -0.480. The van der Waals surface area contributed by atoms with Crippen LogP contribution < -0.4 is 0 Å². The third-order valence-corrected chi connectivity index (χ3v) is 4.18. The van der Waals surface area contributed by atoms with Crippen LogP contribution in [-0.4, -0.2) is 12.7 Å². The van der Waals surface area contributed by atoms with Crippen LogP contribution in [-0.2, 0) is 4.74 Å². The molecule has 3 unspecified atom stereocenters. The molecule has 2 rings (SSSR count). The fourth-order valence-electron chi connectivity index (χ4n) is 2.01. The zero-order valence-corrected chi connectivity index (χ0v) is 10.5. The van der Waals surface area contributed by atoms with Gasteiger partial charge in [-0.1, -0.05) is 22.0 Å². The second-order valence-corrected chi connectivity index (χ2v) is 5.20. The molecule has 1 saturated heterocycles. The number of ether oxygens (including phenoxy) is 1. The molecule has 1 nitrogen and oxygen atoms in total. The van der Waals surface area contributed by atoms with Gasteiger partial charge in [-0.15, -0.1) is 0 Å². The summed E-state index contributed by atoms with van der Waals surface area (Å²) < 4.78 is 31.3. The van der Waals surface area contributed by atoms with E-state index in [1.807, 2.05) is 6.92 Å². The highest BCUT2D eigenvalue weighted by Crippen LogP contribution is 2.38. The van der Waals surface area contributed by atoms with Gasteiger partial charge in [0.2, 0.25) is 0 Å². The highest BCUT2D eigenvalue weighted by molar-refractivity contribution is 9.09. The van der Waals surface area contributed by atoms with E-state index in [4.69, 9.17) is 4.74 Å². The first-order chi connectivity index (χ1) is 7.58. The maximum Gasteiger partial charge on any atom is 0.159 e. The summed E-state index contributed by atoms with van der Waals surface area (Å²) in [6.45, 7) is 2.68. The molecule has 3 atom stereocenters. The van der Waals surface area contributed by atoms with Crippen molar-refractivity contribution in [3.8, 4) is 0 Å². The van der Waals surface area contributed by atoms with Crippen molar-refractivity contribution in [2.24, 2.45) is 5.92 Å². The molecular weight excluding hydrogens is 278 g/mol. The molecule has 0 spiro atoms. The Kier molecular flexibility index (Phi) is 3.60. The van der Waals surface area contributed by atoms with E-state index in [-0.39, 0.29) is 10.9 Å². The monoisotopic (exact) mass is 290 g/mol. The van der Waals surface area contributed by atoms with Crippen molar-refractivity contribution in [3.63, 3.8) is 0 Å². The first-order valence-electron chi connectivity index (χ1n) is 5.28. The third kappa shape index (κ3) is 2.43. The molecule has 0 aromatic heterocycles. The van der Waals surface area contributed by atoms with Crippen molar-refractivity contribution in [3.05, 3.63) is 35.4 Å². The van der Waals surface area contributed by atoms with E-state index in [2.05, 4.69) is 15.9 Å². The van der Waals surface area contributed by atoms with Gasteiger partial charge in [0.05, 0.1) is 12.7 Å². The largest absolute Gasteiger partial charge is 0.378 e. The standard InChI is InChI=1S/C12H13BrF2O/c1-7-4-9(6-16-7)12(13)8-2-3-10(14)11(15)5-8/h2-3,5,7,9,12H,4,6H2,1H3. The zero-order chi connectivity index (χ0) is 11.7. The predicted molar refractivity (Wildman–Crippen MR) is 61.5 cm³/mol. The average Bonchev–Trinajstić information content (AvgIpc) is 2.68. The third-order valence-electron chi connectivity index (χ3n) is 2.91. The molecule has 1 aromatic rings. The number of alkyl halides is 1. The van der Waals surface area contributed by atoms with Gasteiger partial charge in [0, 0.05) is 10.7 Å². The van der Waals surface area contributed by atoms with Crippen LogP contribution in [0.5, 0.6) is 0 Å². The lowest BCUT2D eigenvalue weighted by molar-refractivity contribution is 0.120. The van der Waals surface area contributed by atoms with Gasteiger partial charge in [-0.3, -0.25) is 0 Å². The summed E-state index contributed by atoms with van der Waals surface area (Å²) in [6, 6.07) is 4.02. The molecule has 0 amide bonds. The molecule has 1 aliphatic heterocycles. The Morgan fingerprint density at radius 2 is 2.12 bits per heavy atom. The molecule has 0 saturated carbocycles. The lowest BCUT2D eigenvalue weighted by Gasteiger charge is -2.16. The summed E-state index contributed by atoms with van der Waals surface area (Å²) in [6.07, 6.45) is 1.19. The summed E-state index contributed by atoms with van der Waals surface area (Å²) in [5, 5.41) is 0. The topological polar surface area (TPSA) is 9.23 Å². The Bertz CT molecular complexity index is 383. The van der Waals surface area contributed by atoms with Crippen molar-refractivity contribution in [2.45, 2.75) is 24.3 Å². The van der Waals surface area contributed by atoms with E-state index in [0.717, 1.165) is 18.1 Å². The van der Waals surface area contributed by atoms with Gasteiger partial charge in [-0.05, 0) is 31.0 Å². The van der Waals surface area contributed by atoms with Crippen LogP contribution >= 0.6 is 15.9 Å². The highest BCUT2D eigenvalue weighted by Gasteiger charge is 2.29. The molecule has 0 bridgehead atoms. The normalized spacial score (nSPS) is 27.0. The smallest absolute Gasteiger partial charge is 0.159 e. The number of hydrogen-bond acceptors (Lipinski definition) is 1. The quantitative estimate of drug-likeness (QED) is 0.753. The molecule has 4 heteroatoms. The molecule has 1 aliphatic rings. The SMILES string of the molecule is CC1CC(C(Br)c2ccc(F)c(F)c2)CO1. The minimum atomic E-state index is -0.806. The fraction of sp³-hybridized carbons (Fsp3) is 0.500. The fourth-order valence-corrected chi connectivity index (χ4v) is 2.66. The first kappa shape index (κ1) is 12.0. The number of hydrogen-bond donors (Lipinski definition) is 0. The molecule has 16 heavy (non-hydrogen) atoms. The molecule has 1 aromatic carbocycles. The van der Waals surface area contributed by atoms with Gasteiger partial charge < -0.3 is 4.74 Å². The van der Waals surface area contributed by atoms with Crippen molar-refractivity contribution in [2.75, 3.05) is 6.61 Å². The van der Waals surface area contributed by atoms with Crippen LogP contribution in [0.2, 0.25) is 0 Å². The van der Waals surface area contributed by atoms with E-state index in [1.54, 1.807) is 6.07 Å². The molecule has 1 fully saturated rings. The number of halogens is 3. The average molecular weight is 291 g/mol. The summed E-state index contributed by atoms with van der Waals surface area (Å²) in [4.78, 5) is 0.0209. The summed E-state index contributed by atoms with van der Waals surface area (Å²) in [7, 11) is 0. The summed E-state index contributed by atoms with van der Waals surface area (Å²) in [5.74, 6) is -1.28. The van der Waals surface area contributed by atoms with E-state index in [0.29, 0.717) is 12.5 Å². The van der Waals surface area contributed by atoms with Gasteiger partial charge in [-0.25, -0.2) is 8.78 Å². The Morgan fingerprint density at radius 1 is 1.38 bits per heavy atom. The Morgan fingerprint density at radius 3 is 2.69 bits per heavy atom. The number of benzene rings is 1. The van der Waals surface area contributed by atoms with E-state index >= 15 is 0 Å². The Balaban J connectivity index is 2.14. The van der Waals surface area contributed by atoms with Gasteiger partial charge in [0.15, 0.2) is 11.6 Å². The number of rotatable bonds is 2. The molecule has 0 N–H and O–H groups in total. The molecule has 0 aliphatic carbocycles.